The molecule has 1 aromatic rings. The fourth-order valence-corrected chi connectivity index (χ4v) is 3.14. The van der Waals surface area contributed by atoms with Gasteiger partial charge in [-0.15, -0.1) is 6.42 Å². The Morgan fingerprint density at radius 1 is 1.27 bits per heavy atom. The van der Waals surface area contributed by atoms with Crippen molar-refractivity contribution in [1.82, 2.24) is 9.88 Å². The number of nitrogens with zero attached hydrogens (tertiary/aromatic N) is 3. The molecule has 0 aliphatic carbocycles. The lowest BCUT2D eigenvalue weighted by molar-refractivity contribution is -0.132. The molecule has 22 heavy (non-hydrogen) atoms. The number of carbonyl (C=O) groups excluding carboxylic acids is 1. The van der Waals surface area contributed by atoms with Crippen LogP contribution in [0.15, 0.2) is 17.1 Å². The minimum atomic E-state index is -0.144. The highest BCUT2D eigenvalue weighted by Crippen LogP contribution is 2.27. The van der Waals surface area contributed by atoms with Crippen LogP contribution in [0.5, 0.6) is 0 Å². The van der Waals surface area contributed by atoms with E-state index in [1.54, 1.807) is 12.1 Å². The lowest BCUT2D eigenvalue weighted by atomic mass is 9.91. The predicted octanol–water partition coefficient (Wildman–Crippen LogP) is 3.42. The van der Waals surface area contributed by atoms with Crippen molar-refractivity contribution in [2.24, 2.45) is 10.9 Å². The average Bonchev–Trinajstić information content (AvgIpc) is 2.47. The first-order chi connectivity index (χ1) is 10.5. The summed E-state index contributed by atoms with van der Waals surface area (Å²) in [5.74, 6) is 2.89. The molecule has 2 unspecified atom stereocenters. The number of hydrogen-bond acceptors (Lipinski definition) is 3. The van der Waals surface area contributed by atoms with Crippen molar-refractivity contribution in [2.45, 2.75) is 32.7 Å². The lowest BCUT2D eigenvalue weighted by Crippen LogP contribution is -2.49. The van der Waals surface area contributed by atoms with Crippen LogP contribution < -0.4 is 0 Å². The Bertz CT molecular complexity index is 631. The van der Waals surface area contributed by atoms with E-state index in [1.165, 1.54) is 4.90 Å². The van der Waals surface area contributed by atoms with E-state index in [0.29, 0.717) is 11.4 Å². The lowest BCUT2D eigenvalue weighted by Gasteiger charge is -2.35. The van der Waals surface area contributed by atoms with Gasteiger partial charge in [-0.05, 0) is 25.0 Å². The second kappa shape index (κ2) is 7.13. The van der Waals surface area contributed by atoms with Gasteiger partial charge in [0, 0.05) is 5.56 Å². The maximum absolute atomic E-state index is 12.7. The molecule has 0 saturated carbocycles. The van der Waals surface area contributed by atoms with Crippen molar-refractivity contribution in [3.8, 4) is 12.3 Å². The number of terminal acetylenes is 1. The first-order valence-corrected chi connectivity index (χ1v) is 7.93. The van der Waals surface area contributed by atoms with Gasteiger partial charge in [0.1, 0.15) is 16.1 Å². The van der Waals surface area contributed by atoms with E-state index in [9.17, 15) is 4.79 Å². The highest BCUT2D eigenvalue weighted by molar-refractivity contribution is 6.33. The van der Waals surface area contributed by atoms with Crippen LogP contribution in [0.4, 0.5) is 0 Å². The number of halogens is 2. The summed E-state index contributed by atoms with van der Waals surface area (Å²) in [5.41, 5.74) is 0.654. The molecule has 1 amide bonds. The standard InChI is InChI=1S/C16H17Cl2N3O/c1-4-7-21-15(10-8-13(17)20-14(18)9-10)19-12(6-3)11(5-2)16(21)22/h1,8-9,11-12H,5-7H2,2-3H3. The van der Waals surface area contributed by atoms with Crippen LogP contribution in [-0.4, -0.2) is 34.2 Å². The molecule has 1 aliphatic rings. The van der Waals surface area contributed by atoms with E-state index in [-0.39, 0.29) is 34.7 Å². The fourth-order valence-electron chi connectivity index (χ4n) is 2.68. The third kappa shape index (κ3) is 3.26. The van der Waals surface area contributed by atoms with Crippen molar-refractivity contribution in [2.75, 3.05) is 6.54 Å². The molecule has 1 aliphatic heterocycles. The zero-order chi connectivity index (χ0) is 16.3. The van der Waals surface area contributed by atoms with Crippen LogP contribution in [0, 0.1) is 18.3 Å². The quantitative estimate of drug-likeness (QED) is 0.624. The summed E-state index contributed by atoms with van der Waals surface area (Å²) in [6.45, 7) is 4.17. The highest BCUT2D eigenvalue weighted by Gasteiger charge is 2.36. The van der Waals surface area contributed by atoms with Crippen LogP contribution in [0.1, 0.15) is 32.3 Å². The van der Waals surface area contributed by atoms with Crippen LogP contribution in [0.3, 0.4) is 0 Å². The van der Waals surface area contributed by atoms with Gasteiger partial charge < -0.3 is 0 Å². The number of rotatable bonds is 4. The fraction of sp³-hybridized carbons (Fsp3) is 0.438. The average molecular weight is 338 g/mol. The van der Waals surface area contributed by atoms with Gasteiger partial charge in [-0.2, -0.15) is 0 Å². The Morgan fingerprint density at radius 3 is 2.41 bits per heavy atom. The molecule has 2 rings (SSSR count). The Kier molecular flexibility index (Phi) is 5.44. The van der Waals surface area contributed by atoms with E-state index >= 15 is 0 Å². The van der Waals surface area contributed by atoms with Crippen LogP contribution in [0.2, 0.25) is 10.3 Å². The topological polar surface area (TPSA) is 45.6 Å². The van der Waals surface area contributed by atoms with Crippen molar-refractivity contribution < 1.29 is 4.79 Å². The van der Waals surface area contributed by atoms with Crippen molar-refractivity contribution >= 4 is 34.9 Å². The van der Waals surface area contributed by atoms with Gasteiger partial charge in [0.05, 0.1) is 18.5 Å². The summed E-state index contributed by atoms with van der Waals surface area (Å²) in [6.07, 6.45) is 6.92. The zero-order valence-electron chi connectivity index (χ0n) is 12.5. The number of amidine groups is 1. The first-order valence-electron chi connectivity index (χ1n) is 7.17. The van der Waals surface area contributed by atoms with Crippen molar-refractivity contribution in [1.29, 1.82) is 0 Å². The predicted molar refractivity (Wildman–Crippen MR) is 89.2 cm³/mol. The maximum atomic E-state index is 12.7. The Balaban J connectivity index is 2.55. The summed E-state index contributed by atoms with van der Waals surface area (Å²) >= 11 is 11.9. The molecule has 0 spiro atoms. The minimum Gasteiger partial charge on any atom is -0.284 e. The van der Waals surface area contributed by atoms with Gasteiger partial charge in [-0.1, -0.05) is 43.0 Å². The molecule has 0 aromatic carbocycles. The molecule has 0 saturated heterocycles. The Morgan fingerprint density at radius 2 is 1.91 bits per heavy atom. The number of carbonyl (C=O) groups is 1. The highest BCUT2D eigenvalue weighted by atomic mass is 35.5. The van der Waals surface area contributed by atoms with Crippen LogP contribution in [-0.2, 0) is 4.79 Å². The SMILES string of the molecule is C#CCN1C(=O)C(CC)C(CC)N=C1c1cc(Cl)nc(Cl)c1. The molecule has 0 radical (unpaired) electrons. The summed E-state index contributed by atoms with van der Waals surface area (Å²) in [4.78, 5) is 22.9. The molecule has 2 atom stereocenters. The van der Waals surface area contributed by atoms with E-state index in [0.717, 1.165) is 12.8 Å². The van der Waals surface area contributed by atoms with E-state index in [1.807, 2.05) is 13.8 Å². The minimum absolute atomic E-state index is 0.00126. The van der Waals surface area contributed by atoms with E-state index < -0.39 is 0 Å². The third-order valence-corrected chi connectivity index (χ3v) is 4.11. The molecule has 6 heteroatoms. The molecule has 0 bridgehead atoms. The van der Waals surface area contributed by atoms with Crippen molar-refractivity contribution in [3.63, 3.8) is 0 Å². The second-order valence-corrected chi connectivity index (χ2v) is 5.85. The molecule has 4 nitrogen and oxygen atoms in total. The molecule has 0 fully saturated rings. The number of pyridine rings is 1. The smallest absolute Gasteiger partial charge is 0.234 e. The summed E-state index contributed by atoms with van der Waals surface area (Å²) < 4.78 is 0. The first kappa shape index (κ1) is 16.8. The number of amides is 1. The Hall–Kier alpha value is -1.57. The number of aliphatic imine (C=N–C) groups is 1. The Labute approximate surface area is 140 Å². The van der Waals surface area contributed by atoms with Gasteiger partial charge in [0.15, 0.2) is 0 Å². The monoisotopic (exact) mass is 337 g/mol. The third-order valence-electron chi connectivity index (χ3n) is 3.72. The maximum Gasteiger partial charge on any atom is 0.234 e. The van der Waals surface area contributed by atoms with Gasteiger partial charge in [-0.3, -0.25) is 14.7 Å². The molecule has 2 heterocycles. The van der Waals surface area contributed by atoms with Gasteiger partial charge in [0.2, 0.25) is 5.91 Å². The van der Waals surface area contributed by atoms with Gasteiger partial charge in [-0.25, -0.2) is 4.98 Å². The number of hydrogen-bond donors (Lipinski definition) is 0. The summed E-state index contributed by atoms with van der Waals surface area (Å²) in [6, 6.07) is 3.22. The molecular weight excluding hydrogens is 321 g/mol. The molecule has 116 valence electrons. The van der Waals surface area contributed by atoms with Gasteiger partial charge in [0.25, 0.3) is 0 Å². The van der Waals surface area contributed by atoms with Crippen LogP contribution >= 0.6 is 23.2 Å². The molecular formula is C16H17Cl2N3O. The summed E-state index contributed by atoms with van der Waals surface area (Å²) in [5, 5.41) is 0.507. The van der Waals surface area contributed by atoms with Crippen molar-refractivity contribution in [3.05, 3.63) is 28.0 Å². The summed E-state index contributed by atoms with van der Waals surface area (Å²) in [7, 11) is 0. The molecule has 1 aromatic heterocycles. The molecule has 0 N–H and O–H groups in total. The second-order valence-electron chi connectivity index (χ2n) is 5.07. The largest absolute Gasteiger partial charge is 0.284 e. The normalized spacial score (nSPS) is 21.5. The van der Waals surface area contributed by atoms with Crippen LogP contribution in [0.25, 0.3) is 0 Å². The number of aromatic nitrogens is 1. The zero-order valence-corrected chi connectivity index (χ0v) is 14.0. The van der Waals surface area contributed by atoms with Gasteiger partial charge >= 0.3 is 0 Å². The van der Waals surface area contributed by atoms with E-state index in [2.05, 4.69) is 10.9 Å². The van der Waals surface area contributed by atoms with E-state index in [4.69, 9.17) is 34.6 Å².